The average molecular weight is 413 g/mol. The number of phenols is 1. The van der Waals surface area contributed by atoms with Gasteiger partial charge in [0.05, 0.1) is 15.9 Å². The SMILES string of the molecule is Cc1ccc([N+](=O)[O-])cc1NC(=O)[C@H](C)Sc1nnc(-c2ccc(O)cc2)n1C. The number of phenolic OH excluding ortho intramolecular Hbond substituents is 1. The number of nitro groups is 1. The molecule has 0 saturated carbocycles. The first-order valence-electron chi connectivity index (χ1n) is 8.67. The summed E-state index contributed by atoms with van der Waals surface area (Å²) in [5, 5.41) is 31.5. The van der Waals surface area contributed by atoms with Gasteiger partial charge in [-0.15, -0.1) is 10.2 Å². The first-order valence-corrected chi connectivity index (χ1v) is 9.55. The van der Waals surface area contributed by atoms with E-state index < -0.39 is 10.2 Å². The largest absolute Gasteiger partial charge is 0.508 e. The van der Waals surface area contributed by atoms with Crippen molar-refractivity contribution in [3.8, 4) is 17.1 Å². The predicted molar refractivity (Wildman–Crippen MR) is 110 cm³/mol. The van der Waals surface area contributed by atoms with E-state index in [-0.39, 0.29) is 17.3 Å². The van der Waals surface area contributed by atoms with Crippen LogP contribution >= 0.6 is 11.8 Å². The van der Waals surface area contributed by atoms with Gasteiger partial charge >= 0.3 is 0 Å². The molecule has 2 N–H and O–H groups in total. The van der Waals surface area contributed by atoms with Crippen LogP contribution in [0.1, 0.15) is 12.5 Å². The van der Waals surface area contributed by atoms with Crippen LogP contribution in [0.3, 0.4) is 0 Å². The number of aryl methyl sites for hydroxylation is 1. The Labute approximate surface area is 170 Å². The van der Waals surface area contributed by atoms with Gasteiger partial charge in [-0.05, 0) is 43.7 Å². The Bertz CT molecular complexity index is 1060. The fraction of sp³-hybridized carbons (Fsp3) is 0.211. The number of thioether (sulfide) groups is 1. The molecule has 0 aliphatic rings. The highest BCUT2D eigenvalue weighted by atomic mass is 32.2. The van der Waals surface area contributed by atoms with Crippen LogP contribution in [0.5, 0.6) is 5.75 Å². The van der Waals surface area contributed by atoms with Crippen LogP contribution < -0.4 is 5.32 Å². The number of benzene rings is 2. The second-order valence-corrected chi connectivity index (χ2v) is 7.73. The topological polar surface area (TPSA) is 123 Å². The zero-order valence-electron chi connectivity index (χ0n) is 16.0. The summed E-state index contributed by atoms with van der Waals surface area (Å²) in [5.41, 5.74) is 1.83. The summed E-state index contributed by atoms with van der Waals surface area (Å²) in [7, 11) is 1.79. The normalized spacial score (nSPS) is 11.8. The Morgan fingerprint density at radius 3 is 2.59 bits per heavy atom. The minimum absolute atomic E-state index is 0.0851. The number of carbonyl (C=O) groups is 1. The molecular formula is C19H19N5O4S. The van der Waals surface area contributed by atoms with Gasteiger partial charge in [0.25, 0.3) is 5.69 Å². The molecule has 0 aliphatic carbocycles. The number of nitrogens with one attached hydrogen (secondary N) is 1. The van der Waals surface area contributed by atoms with Crippen LogP contribution in [0, 0.1) is 17.0 Å². The van der Waals surface area contributed by atoms with Crippen LogP contribution in [-0.4, -0.2) is 36.0 Å². The van der Waals surface area contributed by atoms with Gasteiger partial charge in [-0.2, -0.15) is 0 Å². The molecule has 2 aromatic carbocycles. The number of rotatable bonds is 6. The molecule has 0 unspecified atom stereocenters. The molecule has 1 atom stereocenters. The van der Waals surface area contributed by atoms with Gasteiger partial charge in [0.1, 0.15) is 5.75 Å². The number of aromatic hydroxyl groups is 1. The number of nitrogens with zero attached hydrogens (tertiary/aromatic N) is 4. The van der Waals surface area contributed by atoms with E-state index in [4.69, 9.17) is 0 Å². The molecule has 150 valence electrons. The molecule has 3 aromatic rings. The zero-order chi connectivity index (χ0) is 21.1. The molecule has 0 spiro atoms. The third-order valence-electron chi connectivity index (χ3n) is 4.30. The van der Waals surface area contributed by atoms with Gasteiger partial charge in [-0.1, -0.05) is 17.8 Å². The van der Waals surface area contributed by atoms with Crippen molar-refractivity contribution in [2.24, 2.45) is 7.05 Å². The quantitative estimate of drug-likeness (QED) is 0.360. The number of hydrogen-bond acceptors (Lipinski definition) is 7. The van der Waals surface area contributed by atoms with Crippen LogP contribution in [0.25, 0.3) is 11.4 Å². The maximum atomic E-state index is 12.6. The summed E-state index contributed by atoms with van der Waals surface area (Å²) < 4.78 is 1.76. The fourth-order valence-corrected chi connectivity index (χ4v) is 3.40. The fourth-order valence-electron chi connectivity index (χ4n) is 2.58. The van der Waals surface area contributed by atoms with Crippen LogP contribution in [0.2, 0.25) is 0 Å². The third kappa shape index (κ3) is 4.54. The summed E-state index contributed by atoms with van der Waals surface area (Å²) in [6.45, 7) is 3.49. The van der Waals surface area contributed by atoms with Crippen molar-refractivity contribution in [1.29, 1.82) is 0 Å². The molecule has 3 rings (SSSR count). The highest BCUT2D eigenvalue weighted by Gasteiger charge is 2.21. The van der Waals surface area contributed by atoms with E-state index in [9.17, 15) is 20.0 Å². The lowest BCUT2D eigenvalue weighted by Gasteiger charge is -2.13. The maximum Gasteiger partial charge on any atom is 0.271 e. The summed E-state index contributed by atoms with van der Waals surface area (Å²) in [6, 6.07) is 10.9. The van der Waals surface area contributed by atoms with Gasteiger partial charge in [0, 0.05) is 24.7 Å². The van der Waals surface area contributed by atoms with E-state index in [0.717, 1.165) is 11.1 Å². The number of amides is 1. The molecule has 29 heavy (non-hydrogen) atoms. The zero-order valence-corrected chi connectivity index (χ0v) is 16.8. The number of anilines is 1. The molecular weight excluding hydrogens is 394 g/mol. The van der Waals surface area contributed by atoms with E-state index in [2.05, 4.69) is 15.5 Å². The average Bonchev–Trinajstić information content (AvgIpc) is 3.04. The van der Waals surface area contributed by atoms with Gasteiger partial charge in [0.2, 0.25) is 5.91 Å². The van der Waals surface area contributed by atoms with Gasteiger partial charge < -0.3 is 15.0 Å². The number of nitro benzene ring substituents is 1. The predicted octanol–water partition coefficient (Wildman–Crippen LogP) is 3.52. The second kappa shape index (κ2) is 8.31. The molecule has 0 radical (unpaired) electrons. The van der Waals surface area contributed by atoms with E-state index >= 15 is 0 Å². The molecule has 1 aromatic heterocycles. The molecule has 0 aliphatic heterocycles. The van der Waals surface area contributed by atoms with Crippen LogP contribution in [-0.2, 0) is 11.8 Å². The van der Waals surface area contributed by atoms with Crippen LogP contribution in [0.4, 0.5) is 11.4 Å². The number of hydrogen-bond donors (Lipinski definition) is 2. The van der Waals surface area contributed by atoms with E-state index in [1.165, 1.54) is 23.9 Å². The number of carbonyl (C=O) groups excluding carboxylic acids is 1. The smallest absolute Gasteiger partial charge is 0.271 e. The van der Waals surface area contributed by atoms with Gasteiger partial charge in [-0.3, -0.25) is 14.9 Å². The second-order valence-electron chi connectivity index (χ2n) is 6.42. The third-order valence-corrected chi connectivity index (χ3v) is 5.44. The van der Waals surface area contributed by atoms with Crippen molar-refractivity contribution in [3.63, 3.8) is 0 Å². The summed E-state index contributed by atoms with van der Waals surface area (Å²) in [6.07, 6.45) is 0. The van der Waals surface area contributed by atoms with E-state index in [1.54, 1.807) is 55.8 Å². The molecule has 10 heteroatoms. The first-order chi connectivity index (χ1) is 13.8. The molecule has 0 fully saturated rings. The molecule has 1 heterocycles. The highest BCUT2D eigenvalue weighted by molar-refractivity contribution is 8.00. The lowest BCUT2D eigenvalue weighted by atomic mass is 10.2. The minimum Gasteiger partial charge on any atom is -0.508 e. The Morgan fingerprint density at radius 2 is 1.93 bits per heavy atom. The standard InChI is InChI=1S/C19H19N5O4S/c1-11-4-7-14(24(27)28)10-16(11)20-18(26)12(2)29-19-22-21-17(23(19)3)13-5-8-15(25)9-6-13/h4-10,12,25H,1-3H3,(H,20,26)/t12-/m0/s1. The van der Waals surface area contributed by atoms with Crippen molar-refractivity contribution >= 4 is 29.0 Å². The lowest BCUT2D eigenvalue weighted by Crippen LogP contribution is -2.23. The van der Waals surface area contributed by atoms with Crippen molar-refractivity contribution in [1.82, 2.24) is 14.8 Å². The van der Waals surface area contributed by atoms with Crippen molar-refractivity contribution in [2.75, 3.05) is 5.32 Å². The van der Waals surface area contributed by atoms with Gasteiger partial charge in [0.15, 0.2) is 11.0 Å². The summed E-state index contributed by atoms with van der Waals surface area (Å²) in [5.74, 6) is 0.467. The first kappa shape index (κ1) is 20.3. The number of aromatic nitrogens is 3. The Morgan fingerprint density at radius 1 is 1.24 bits per heavy atom. The Kier molecular flexibility index (Phi) is 5.83. The van der Waals surface area contributed by atoms with Crippen molar-refractivity contribution in [3.05, 3.63) is 58.1 Å². The number of non-ortho nitro benzene ring substituents is 1. The minimum atomic E-state index is -0.510. The summed E-state index contributed by atoms with van der Waals surface area (Å²) >= 11 is 1.23. The Balaban J connectivity index is 1.73. The molecule has 9 nitrogen and oxygen atoms in total. The maximum absolute atomic E-state index is 12.6. The Hall–Kier alpha value is -3.40. The molecule has 0 saturated heterocycles. The molecule has 0 bridgehead atoms. The monoisotopic (exact) mass is 413 g/mol. The lowest BCUT2D eigenvalue weighted by molar-refractivity contribution is -0.384. The van der Waals surface area contributed by atoms with E-state index in [1.807, 2.05) is 0 Å². The summed E-state index contributed by atoms with van der Waals surface area (Å²) in [4.78, 5) is 23.0. The molecule has 1 amide bonds. The van der Waals surface area contributed by atoms with Gasteiger partial charge in [-0.25, -0.2) is 0 Å². The highest BCUT2D eigenvalue weighted by Crippen LogP contribution is 2.28. The van der Waals surface area contributed by atoms with Crippen molar-refractivity contribution < 1.29 is 14.8 Å². The van der Waals surface area contributed by atoms with Crippen molar-refractivity contribution in [2.45, 2.75) is 24.3 Å². The van der Waals surface area contributed by atoms with E-state index in [0.29, 0.717) is 16.7 Å². The van der Waals surface area contributed by atoms with Crippen LogP contribution in [0.15, 0.2) is 47.6 Å².